The van der Waals surface area contributed by atoms with Gasteiger partial charge in [-0.25, -0.2) is 4.79 Å². The van der Waals surface area contributed by atoms with Crippen LogP contribution in [0.5, 0.6) is 0 Å². The average molecular weight is 270 g/mol. The molecule has 0 aliphatic rings. The summed E-state index contributed by atoms with van der Waals surface area (Å²) < 4.78 is 1.22. The van der Waals surface area contributed by atoms with Gasteiger partial charge < -0.3 is 0 Å². The molecule has 0 spiro atoms. The predicted octanol–water partition coefficient (Wildman–Crippen LogP) is 1.69. The first-order valence-electron chi connectivity index (χ1n) is 5.32. The molecule has 0 fully saturated rings. The monoisotopic (exact) mass is 270 g/mol. The van der Waals surface area contributed by atoms with Gasteiger partial charge in [0.2, 0.25) is 0 Å². The molecule has 2 aromatic rings. The fourth-order valence-electron chi connectivity index (χ4n) is 1.79. The van der Waals surface area contributed by atoms with Gasteiger partial charge in [-0.05, 0) is 19.4 Å². The molecule has 0 radical (unpaired) electrons. The van der Waals surface area contributed by atoms with Crippen molar-refractivity contribution in [2.24, 2.45) is 0 Å². The molecule has 0 saturated carbocycles. The maximum absolute atomic E-state index is 12.2. The minimum Gasteiger partial charge on any atom is -0.298 e. The molecular weight excluding hydrogens is 256 g/mol. The molecule has 0 saturated heterocycles. The molecule has 17 heavy (non-hydrogen) atoms. The Morgan fingerprint density at radius 1 is 1.41 bits per heavy atom. The molecule has 2 aromatic heterocycles. The Morgan fingerprint density at radius 2 is 2.06 bits per heavy atom. The number of nitrogens with zero attached hydrogens (tertiary/aromatic N) is 1. The number of aryl methyl sites for hydroxylation is 2. The van der Waals surface area contributed by atoms with E-state index in [1.165, 1.54) is 15.9 Å². The molecule has 0 bridgehead atoms. The van der Waals surface area contributed by atoms with E-state index in [0.717, 1.165) is 10.4 Å². The molecule has 92 valence electrons. The summed E-state index contributed by atoms with van der Waals surface area (Å²) in [4.78, 5) is 28.5. The van der Waals surface area contributed by atoms with Crippen LogP contribution in [0.2, 0.25) is 0 Å². The summed E-state index contributed by atoms with van der Waals surface area (Å²) in [6.07, 6.45) is 0. The van der Waals surface area contributed by atoms with Crippen LogP contribution < -0.4 is 11.2 Å². The number of hydrogen-bond donors (Lipinski definition) is 2. The molecule has 6 heteroatoms. The largest absolute Gasteiger partial charge is 0.329 e. The molecule has 2 heterocycles. The van der Waals surface area contributed by atoms with Gasteiger partial charge in [0.15, 0.2) is 0 Å². The first-order chi connectivity index (χ1) is 7.91. The number of thiophene rings is 1. The van der Waals surface area contributed by atoms with Crippen molar-refractivity contribution in [2.45, 2.75) is 32.6 Å². The molecule has 1 unspecified atom stereocenters. The third-order valence-electron chi connectivity index (χ3n) is 2.76. The number of nitrogens with one attached hydrogen (secondary N) is 1. The minimum absolute atomic E-state index is 0.0358. The van der Waals surface area contributed by atoms with Gasteiger partial charge >= 0.3 is 5.69 Å². The lowest BCUT2D eigenvalue weighted by atomic mass is 10.2. The molecule has 1 atom stereocenters. The van der Waals surface area contributed by atoms with E-state index < -0.39 is 0 Å². The normalized spacial score (nSPS) is 13.2. The van der Waals surface area contributed by atoms with Crippen LogP contribution in [-0.2, 0) is 6.54 Å². The van der Waals surface area contributed by atoms with Crippen LogP contribution in [0.1, 0.15) is 17.4 Å². The number of hydrogen-bond acceptors (Lipinski definition) is 4. The van der Waals surface area contributed by atoms with Gasteiger partial charge in [-0.2, -0.15) is 12.6 Å². The topological polar surface area (TPSA) is 54.9 Å². The maximum Gasteiger partial charge on any atom is 0.329 e. The highest BCUT2D eigenvalue weighted by Crippen LogP contribution is 2.24. The number of rotatable bonds is 2. The molecule has 1 N–H and O–H groups in total. The van der Waals surface area contributed by atoms with E-state index in [0.29, 0.717) is 16.8 Å². The number of H-pyrrole nitrogens is 1. The quantitative estimate of drug-likeness (QED) is 0.816. The minimum atomic E-state index is -0.357. The third-order valence-corrected chi connectivity index (χ3v) is 4.04. The van der Waals surface area contributed by atoms with E-state index in [2.05, 4.69) is 17.6 Å². The maximum atomic E-state index is 12.2. The molecule has 0 aliphatic carbocycles. The summed E-state index contributed by atoms with van der Waals surface area (Å²) in [6.45, 7) is 6.03. The molecule has 4 nitrogen and oxygen atoms in total. The van der Waals surface area contributed by atoms with Gasteiger partial charge in [-0.1, -0.05) is 6.92 Å². The molecule has 0 aliphatic heterocycles. The van der Waals surface area contributed by atoms with Crippen molar-refractivity contribution in [3.05, 3.63) is 31.3 Å². The summed E-state index contributed by atoms with van der Waals surface area (Å²) >= 11 is 5.67. The number of aromatic nitrogens is 2. The Morgan fingerprint density at radius 3 is 2.65 bits per heavy atom. The van der Waals surface area contributed by atoms with Crippen molar-refractivity contribution in [1.29, 1.82) is 0 Å². The first-order valence-corrected chi connectivity index (χ1v) is 6.66. The zero-order chi connectivity index (χ0) is 12.7. The summed E-state index contributed by atoms with van der Waals surface area (Å²) in [7, 11) is 0. The van der Waals surface area contributed by atoms with Gasteiger partial charge in [0.1, 0.15) is 4.83 Å². The Hall–Kier alpha value is -1.01. The fourth-order valence-corrected chi connectivity index (χ4v) is 3.00. The zero-order valence-electron chi connectivity index (χ0n) is 9.90. The predicted molar refractivity (Wildman–Crippen MR) is 74.6 cm³/mol. The van der Waals surface area contributed by atoms with Crippen molar-refractivity contribution in [3.8, 4) is 0 Å². The highest BCUT2D eigenvalue weighted by atomic mass is 32.1. The molecule has 0 aromatic carbocycles. The van der Waals surface area contributed by atoms with Crippen molar-refractivity contribution >= 4 is 34.2 Å². The lowest BCUT2D eigenvalue weighted by molar-refractivity contribution is 0.636. The van der Waals surface area contributed by atoms with Gasteiger partial charge in [-0.3, -0.25) is 14.3 Å². The zero-order valence-corrected chi connectivity index (χ0v) is 11.6. The van der Waals surface area contributed by atoms with Crippen LogP contribution in [0, 0.1) is 13.8 Å². The highest BCUT2D eigenvalue weighted by molar-refractivity contribution is 7.80. The van der Waals surface area contributed by atoms with Crippen molar-refractivity contribution in [1.82, 2.24) is 9.55 Å². The summed E-state index contributed by atoms with van der Waals surface area (Å²) in [5.41, 5.74) is 0.378. The van der Waals surface area contributed by atoms with Crippen LogP contribution in [0.4, 0.5) is 0 Å². The van der Waals surface area contributed by atoms with Crippen molar-refractivity contribution in [3.63, 3.8) is 0 Å². The molecule has 0 amide bonds. The first kappa shape index (κ1) is 12.4. The second-order valence-electron chi connectivity index (χ2n) is 4.18. The standard InChI is InChI=1S/C11H14N2O2S2/c1-5(16)4-13-10(14)8-6(2)7(3)17-9(8)12-11(13)15/h5,16H,4H2,1-3H3,(H,12,15). The molecule has 2 rings (SSSR count). The number of thiol groups is 1. The van der Waals surface area contributed by atoms with Gasteiger partial charge in [0.05, 0.1) is 5.39 Å². The van der Waals surface area contributed by atoms with Crippen LogP contribution in [0.3, 0.4) is 0 Å². The van der Waals surface area contributed by atoms with Crippen LogP contribution in [0.15, 0.2) is 9.59 Å². The van der Waals surface area contributed by atoms with Gasteiger partial charge in [-0.15, -0.1) is 11.3 Å². The third kappa shape index (κ3) is 2.07. The van der Waals surface area contributed by atoms with Crippen molar-refractivity contribution in [2.75, 3.05) is 0 Å². The molecular formula is C11H14N2O2S2. The SMILES string of the molecule is Cc1sc2[nH]c(=O)n(CC(C)S)c(=O)c2c1C. The Labute approximate surface area is 108 Å². The van der Waals surface area contributed by atoms with E-state index >= 15 is 0 Å². The van der Waals surface area contributed by atoms with Gasteiger partial charge in [0, 0.05) is 16.7 Å². The summed E-state index contributed by atoms with van der Waals surface area (Å²) in [6, 6.07) is 0. The van der Waals surface area contributed by atoms with Crippen LogP contribution in [-0.4, -0.2) is 14.8 Å². The fraction of sp³-hybridized carbons (Fsp3) is 0.455. The smallest absolute Gasteiger partial charge is 0.298 e. The lowest BCUT2D eigenvalue weighted by Gasteiger charge is -2.06. The highest BCUT2D eigenvalue weighted by Gasteiger charge is 2.14. The second-order valence-corrected chi connectivity index (χ2v) is 6.29. The lowest BCUT2D eigenvalue weighted by Crippen LogP contribution is -2.36. The number of aromatic amines is 1. The number of fused-ring (bicyclic) bond motifs is 1. The van der Waals surface area contributed by atoms with Crippen LogP contribution >= 0.6 is 24.0 Å². The Balaban J connectivity index is 2.83. The van der Waals surface area contributed by atoms with Gasteiger partial charge in [0.25, 0.3) is 5.56 Å². The Bertz CT molecular complexity index is 679. The van der Waals surface area contributed by atoms with E-state index in [-0.39, 0.29) is 16.5 Å². The second kappa shape index (κ2) is 4.34. The Kier molecular flexibility index (Phi) is 3.18. The summed E-state index contributed by atoms with van der Waals surface area (Å²) in [5.74, 6) is 0. The van der Waals surface area contributed by atoms with Crippen molar-refractivity contribution < 1.29 is 0 Å². The van der Waals surface area contributed by atoms with Crippen LogP contribution in [0.25, 0.3) is 10.2 Å². The average Bonchev–Trinajstić information content (AvgIpc) is 2.49. The van der Waals surface area contributed by atoms with E-state index in [4.69, 9.17) is 0 Å². The van der Waals surface area contributed by atoms with E-state index in [9.17, 15) is 9.59 Å². The summed E-state index contributed by atoms with van der Waals surface area (Å²) in [5, 5.41) is 0.590. The van der Waals surface area contributed by atoms with E-state index in [1.807, 2.05) is 20.8 Å². The van der Waals surface area contributed by atoms with E-state index in [1.54, 1.807) is 0 Å².